The van der Waals surface area contributed by atoms with Gasteiger partial charge in [0.1, 0.15) is 6.10 Å². The molecule has 0 spiro atoms. The van der Waals surface area contributed by atoms with E-state index in [1.807, 2.05) is 32.0 Å². The molecule has 3 nitrogen and oxygen atoms in total. The largest absolute Gasteiger partial charge is 0.384 e. The van der Waals surface area contributed by atoms with Gasteiger partial charge in [-0.1, -0.05) is 23.7 Å². The molecule has 1 unspecified atom stereocenters. The van der Waals surface area contributed by atoms with Crippen LogP contribution in [0.25, 0.3) is 0 Å². The van der Waals surface area contributed by atoms with Gasteiger partial charge in [0.05, 0.1) is 11.4 Å². The molecule has 1 aromatic heterocycles. The smallest absolute Gasteiger partial charge is 0.106 e. The van der Waals surface area contributed by atoms with Crippen LogP contribution in [0.2, 0.25) is 5.02 Å². The standard InChI is InChI=1S/C13H13ClN2O/c1-8-7-12(9(2)16-15-8)13(17)10-3-5-11(14)6-4-10/h3-7,13,17H,1-2H3. The second kappa shape index (κ2) is 4.82. The predicted molar refractivity (Wildman–Crippen MR) is 67.0 cm³/mol. The third-order valence-electron chi connectivity index (χ3n) is 2.62. The molecule has 1 heterocycles. The lowest BCUT2D eigenvalue weighted by Gasteiger charge is -2.13. The minimum Gasteiger partial charge on any atom is -0.384 e. The van der Waals surface area contributed by atoms with Crippen LogP contribution in [0.4, 0.5) is 0 Å². The Morgan fingerprint density at radius 2 is 1.76 bits per heavy atom. The molecule has 2 aromatic rings. The van der Waals surface area contributed by atoms with Crippen LogP contribution in [0.1, 0.15) is 28.6 Å². The van der Waals surface area contributed by atoms with Crippen LogP contribution >= 0.6 is 11.6 Å². The number of hydrogen-bond acceptors (Lipinski definition) is 3. The van der Waals surface area contributed by atoms with Gasteiger partial charge in [0, 0.05) is 10.6 Å². The lowest BCUT2D eigenvalue weighted by Crippen LogP contribution is -2.05. The highest BCUT2D eigenvalue weighted by molar-refractivity contribution is 6.30. The fraction of sp³-hybridized carbons (Fsp3) is 0.231. The number of halogens is 1. The number of nitrogens with zero attached hydrogens (tertiary/aromatic N) is 2. The first-order chi connectivity index (χ1) is 8.08. The van der Waals surface area contributed by atoms with Crippen molar-refractivity contribution in [1.82, 2.24) is 10.2 Å². The summed E-state index contributed by atoms with van der Waals surface area (Å²) in [6.07, 6.45) is -0.693. The molecule has 0 aliphatic rings. The van der Waals surface area contributed by atoms with Crippen LogP contribution in [0, 0.1) is 13.8 Å². The van der Waals surface area contributed by atoms with Crippen LogP contribution in [0.15, 0.2) is 30.3 Å². The zero-order chi connectivity index (χ0) is 12.4. The zero-order valence-corrected chi connectivity index (χ0v) is 10.4. The van der Waals surface area contributed by atoms with Gasteiger partial charge in [-0.25, -0.2) is 0 Å². The maximum Gasteiger partial charge on any atom is 0.106 e. The number of benzene rings is 1. The SMILES string of the molecule is Cc1cc(C(O)c2ccc(Cl)cc2)c(C)nn1. The fourth-order valence-electron chi connectivity index (χ4n) is 1.67. The van der Waals surface area contributed by atoms with Gasteiger partial charge < -0.3 is 5.11 Å². The van der Waals surface area contributed by atoms with Crippen LogP contribution in [0.5, 0.6) is 0 Å². The van der Waals surface area contributed by atoms with Gasteiger partial charge in [-0.3, -0.25) is 0 Å². The number of aryl methyl sites for hydroxylation is 2. The Morgan fingerprint density at radius 1 is 1.12 bits per heavy atom. The quantitative estimate of drug-likeness (QED) is 0.889. The highest BCUT2D eigenvalue weighted by Gasteiger charge is 2.14. The van der Waals surface area contributed by atoms with E-state index in [0.29, 0.717) is 5.02 Å². The van der Waals surface area contributed by atoms with E-state index in [9.17, 15) is 5.11 Å². The van der Waals surface area contributed by atoms with Crippen molar-refractivity contribution in [3.63, 3.8) is 0 Å². The average Bonchev–Trinajstić information content (AvgIpc) is 2.32. The van der Waals surface area contributed by atoms with Crippen LogP contribution in [-0.4, -0.2) is 15.3 Å². The highest BCUT2D eigenvalue weighted by Crippen LogP contribution is 2.24. The Hall–Kier alpha value is -1.45. The zero-order valence-electron chi connectivity index (χ0n) is 9.68. The lowest BCUT2D eigenvalue weighted by atomic mass is 10.0. The van der Waals surface area contributed by atoms with E-state index < -0.39 is 6.10 Å². The molecule has 1 aromatic carbocycles. The molecule has 2 rings (SSSR count). The molecule has 0 saturated heterocycles. The molecular formula is C13H13ClN2O. The lowest BCUT2D eigenvalue weighted by molar-refractivity contribution is 0.218. The van der Waals surface area contributed by atoms with Crippen molar-refractivity contribution >= 4 is 11.6 Å². The van der Waals surface area contributed by atoms with Crippen molar-refractivity contribution in [3.8, 4) is 0 Å². The van der Waals surface area contributed by atoms with Gasteiger partial charge in [-0.2, -0.15) is 10.2 Å². The van der Waals surface area contributed by atoms with E-state index in [1.54, 1.807) is 12.1 Å². The molecule has 0 fully saturated rings. The number of aliphatic hydroxyl groups is 1. The van der Waals surface area contributed by atoms with E-state index in [2.05, 4.69) is 10.2 Å². The second-order valence-corrected chi connectivity index (χ2v) is 4.42. The van der Waals surface area contributed by atoms with Crippen molar-refractivity contribution < 1.29 is 5.11 Å². The van der Waals surface area contributed by atoms with Crippen LogP contribution < -0.4 is 0 Å². The molecule has 0 aliphatic carbocycles. The van der Waals surface area contributed by atoms with E-state index in [4.69, 9.17) is 11.6 Å². The number of hydrogen-bond donors (Lipinski definition) is 1. The number of rotatable bonds is 2. The molecule has 0 saturated carbocycles. The summed E-state index contributed by atoms with van der Waals surface area (Å²) in [7, 11) is 0. The minimum absolute atomic E-state index is 0.654. The average molecular weight is 249 g/mol. The van der Waals surface area contributed by atoms with Gasteiger partial charge in [0.15, 0.2) is 0 Å². The first-order valence-corrected chi connectivity index (χ1v) is 5.70. The van der Waals surface area contributed by atoms with Gasteiger partial charge in [0.2, 0.25) is 0 Å². The van der Waals surface area contributed by atoms with Gasteiger partial charge in [-0.15, -0.1) is 0 Å². The van der Waals surface area contributed by atoms with E-state index in [1.165, 1.54) is 0 Å². The van der Waals surface area contributed by atoms with Crippen molar-refractivity contribution in [2.24, 2.45) is 0 Å². The summed E-state index contributed by atoms with van der Waals surface area (Å²) in [5.41, 5.74) is 3.10. The summed E-state index contributed by atoms with van der Waals surface area (Å²) >= 11 is 5.81. The van der Waals surface area contributed by atoms with Crippen molar-refractivity contribution in [2.45, 2.75) is 20.0 Å². The Morgan fingerprint density at radius 3 is 2.41 bits per heavy atom. The summed E-state index contributed by atoms with van der Waals surface area (Å²) in [4.78, 5) is 0. The Balaban J connectivity index is 2.39. The topological polar surface area (TPSA) is 46.0 Å². The summed E-state index contributed by atoms with van der Waals surface area (Å²) in [6.45, 7) is 3.69. The first kappa shape index (κ1) is 12.0. The van der Waals surface area contributed by atoms with E-state index >= 15 is 0 Å². The Kier molecular flexibility index (Phi) is 3.41. The predicted octanol–water partition coefficient (Wildman–Crippen LogP) is 2.83. The van der Waals surface area contributed by atoms with Crippen LogP contribution in [-0.2, 0) is 0 Å². The Labute approximate surface area is 105 Å². The van der Waals surface area contributed by atoms with Gasteiger partial charge in [-0.05, 0) is 37.6 Å². The maximum atomic E-state index is 10.3. The molecule has 88 valence electrons. The van der Waals surface area contributed by atoms with E-state index in [-0.39, 0.29) is 0 Å². The monoisotopic (exact) mass is 248 g/mol. The molecule has 0 amide bonds. The van der Waals surface area contributed by atoms with Gasteiger partial charge in [0.25, 0.3) is 0 Å². The molecule has 0 aliphatic heterocycles. The van der Waals surface area contributed by atoms with Crippen molar-refractivity contribution in [2.75, 3.05) is 0 Å². The third kappa shape index (κ3) is 2.62. The number of aliphatic hydroxyl groups excluding tert-OH is 1. The molecule has 0 radical (unpaired) electrons. The summed E-state index contributed by atoms with van der Waals surface area (Å²) in [5.74, 6) is 0. The molecule has 4 heteroatoms. The summed E-state index contributed by atoms with van der Waals surface area (Å²) in [6, 6.07) is 8.99. The third-order valence-corrected chi connectivity index (χ3v) is 2.87. The maximum absolute atomic E-state index is 10.3. The number of aromatic nitrogens is 2. The second-order valence-electron chi connectivity index (χ2n) is 3.98. The fourth-order valence-corrected chi connectivity index (χ4v) is 1.80. The summed E-state index contributed by atoms with van der Waals surface area (Å²) < 4.78 is 0. The Bertz CT molecular complexity index is 525. The molecule has 0 bridgehead atoms. The van der Waals surface area contributed by atoms with Gasteiger partial charge >= 0.3 is 0 Å². The van der Waals surface area contributed by atoms with Crippen molar-refractivity contribution in [1.29, 1.82) is 0 Å². The van der Waals surface area contributed by atoms with Crippen LogP contribution in [0.3, 0.4) is 0 Å². The highest BCUT2D eigenvalue weighted by atomic mass is 35.5. The molecule has 17 heavy (non-hydrogen) atoms. The minimum atomic E-state index is -0.693. The molecule has 1 atom stereocenters. The summed E-state index contributed by atoms with van der Waals surface area (Å²) in [5, 5.41) is 18.9. The molecule has 1 N–H and O–H groups in total. The van der Waals surface area contributed by atoms with E-state index in [0.717, 1.165) is 22.5 Å². The normalized spacial score (nSPS) is 12.5. The molecular weight excluding hydrogens is 236 g/mol. The first-order valence-electron chi connectivity index (χ1n) is 5.32. The van der Waals surface area contributed by atoms with Crippen molar-refractivity contribution in [3.05, 3.63) is 57.9 Å².